The fourth-order valence-electron chi connectivity index (χ4n) is 5.40. The average Bonchev–Trinajstić information content (AvgIpc) is 2.94. The molecule has 0 bridgehead atoms. The van der Waals surface area contributed by atoms with Gasteiger partial charge in [0, 0.05) is 24.6 Å². The van der Waals surface area contributed by atoms with Gasteiger partial charge < -0.3 is 15.3 Å². The first-order chi connectivity index (χ1) is 18.8. The molecule has 3 rings (SSSR count). The number of thioether (sulfide) groups is 1. The van der Waals surface area contributed by atoms with Crippen LogP contribution in [0.25, 0.3) is 11.1 Å². The predicted molar refractivity (Wildman–Crippen MR) is 160 cm³/mol. The lowest BCUT2D eigenvalue weighted by atomic mass is 9.92. The molecule has 2 aromatic carbocycles. The van der Waals surface area contributed by atoms with Crippen LogP contribution in [0.2, 0.25) is 0 Å². The second-order valence-electron chi connectivity index (χ2n) is 10.6. The molecule has 1 atom stereocenters. The summed E-state index contributed by atoms with van der Waals surface area (Å²) in [5.41, 5.74) is 4.16. The molecular formula is C32H44N2O4S. The number of hydrogen-bond donors (Lipinski definition) is 2. The first-order valence-corrected chi connectivity index (χ1v) is 15.8. The van der Waals surface area contributed by atoms with Crippen molar-refractivity contribution in [2.45, 2.75) is 90.1 Å². The maximum absolute atomic E-state index is 13.4. The zero-order valence-corrected chi connectivity index (χ0v) is 24.5. The summed E-state index contributed by atoms with van der Waals surface area (Å²) in [6, 6.07) is 13.0. The van der Waals surface area contributed by atoms with Gasteiger partial charge in [-0.3, -0.25) is 9.59 Å². The number of nitrogens with one attached hydrogen (secondary N) is 1. The van der Waals surface area contributed by atoms with E-state index in [9.17, 15) is 19.5 Å². The molecule has 0 aliphatic heterocycles. The summed E-state index contributed by atoms with van der Waals surface area (Å²) >= 11 is 1.55. The maximum atomic E-state index is 13.4. The molecule has 0 radical (unpaired) electrons. The molecule has 39 heavy (non-hydrogen) atoms. The van der Waals surface area contributed by atoms with E-state index < -0.39 is 17.9 Å². The molecular weight excluding hydrogens is 508 g/mol. The second-order valence-corrected chi connectivity index (χ2v) is 11.6. The minimum absolute atomic E-state index is 0.215. The Labute approximate surface area is 237 Å². The van der Waals surface area contributed by atoms with E-state index in [0.29, 0.717) is 36.6 Å². The summed E-state index contributed by atoms with van der Waals surface area (Å²) < 4.78 is 0. The van der Waals surface area contributed by atoms with Crippen LogP contribution in [0.3, 0.4) is 0 Å². The maximum Gasteiger partial charge on any atom is 0.326 e. The number of carbonyl (C=O) groups excluding carboxylic acids is 2. The number of hydrogen-bond acceptors (Lipinski definition) is 4. The van der Waals surface area contributed by atoms with Crippen molar-refractivity contribution >= 4 is 29.5 Å². The van der Waals surface area contributed by atoms with Crippen molar-refractivity contribution in [3.8, 4) is 11.1 Å². The zero-order valence-electron chi connectivity index (χ0n) is 23.7. The SMILES string of the molecule is CCCCN(C(=O)CCc1ccc(C(=O)NC(CCSC)C(=O)O)c(-c2ccccc2C)c1)C1CCCCC1. The fourth-order valence-corrected chi connectivity index (χ4v) is 5.87. The highest BCUT2D eigenvalue weighted by Gasteiger charge is 2.26. The van der Waals surface area contributed by atoms with E-state index in [1.807, 2.05) is 49.6 Å². The highest BCUT2D eigenvalue weighted by atomic mass is 32.2. The Morgan fingerprint density at radius 2 is 1.82 bits per heavy atom. The van der Waals surface area contributed by atoms with E-state index >= 15 is 0 Å². The van der Waals surface area contributed by atoms with Gasteiger partial charge in [0.25, 0.3) is 5.91 Å². The smallest absolute Gasteiger partial charge is 0.326 e. The Kier molecular flexibility index (Phi) is 12.4. The predicted octanol–water partition coefficient (Wildman–Crippen LogP) is 6.49. The number of unbranched alkanes of at least 4 members (excludes halogenated alkanes) is 1. The summed E-state index contributed by atoms with van der Waals surface area (Å²) in [4.78, 5) is 40.6. The normalized spacial score (nSPS) is 14.5. The van der Waals surface area contributed by atoms with Gasteiger partial charge in [0.05, 0.1) is 0 Å². The van der Waals surface area contributed by atoms with Gasteiger partial charge in [-0.05, 0) is 79.4 Å². The quantitative estimate of drug-likeness (QED) is 0.280. The number of carboxylic acid groups (broad SMARTS) is 1. The number of carbonyl (C=O) groups is 3. The first-order valence-electron chi connectivity index (χ1n) is 14.4. The monoisotopic (exact) mass is 552 g/mol. The molecule has 2 N–H and O–H groups in total. The van der Waals surface area contributed by atoms with Crippen molar-refractivity contribution in [1.82, 2.24) is 10.2 Å². The van der Waals surface area contributed by atoms with Gasteiger partial charge in [0.15, 0.2) is 0 Å². The van der Waals surface area contributed by atoms with Crippen LogP contribution in [0.1, 0.15) is 86.2 Å². The lowest BCUT2D eigenvalue weighted by molar-refractivity contribution is -0.139. The van der Waals surface area contributed by atoms with Crippen LogP contribution >= 0.6 is 11.8 Å². The summed E-state index contributed by atoms with van der Waals surface area (Å²) in [7, 11) is 0. The summed E-state index contributed by atoms with van der Waals surface area (Å²) in [6.07, 6.45) is 11.3. The molecule has 2 amide bonds. The van der Waals surface area contributed by atoms with E-state index in [4.69, 9.17) is 0 Å². The van der Waals surface area contributed by atoms with Crippen LogP contribution in [-0.4, -0.2) is 58.4 Å². The van der Waals surface area contributed by atoms with Gasteiger partial charge in [-0.15, -0.1) is 0 Å². The highest BCUT2D eigenvalue weighted by Crippen LogP contribution is 2.29. The largest absolute Gasteiger partial charge is 0.480 e. The molecule has 0 heterocycles. The van der Waals surface area contributed by atoms with Crippen LogP contribution < -0.4 is 5.32 Å². The van der Waals surface area contributed by atoms with E-state index in [1.54, 1.807) is 17.8 Å². The third kappa shape index (κ3) is 8.85. The molecule has 1 aliphatic carbocycles. The molecule has 6 nitrogen and oxygen atoms in total. The van der Waals surface area contributed by atoms with Crippen LogP contribution in [0.5, 0.6) is 0 Å². The number of carboxylic acids is 1. The molecule has 1 fully saturated rings. The summed E-state index contributed by atoms with van der Waals surface area (Å²) in [5.74, 6) is -0.568. The summed E-state index contributed by atoms with van der Waals surface area (Å²) in [6.45, 7) is 4.99. The topological polar surface area (TPSA) is 86.7 Å². The van der Waals surface area contributed by atoms with Gasteiger partial charge >= 0.3 is 5.97 Å². The zero-order chi connectivity index (χ0) is 28.2. The van der Waals surface area contributed by atoms with Gasteiger partial charge in [-0.1, -0.05) is 69.0 Å². The summed E-state index contributed by atoms with van der Waals surface area (Å²) in [5, 5.41) is 12.4. The third-order valence-corrected chi connectivity index (χ3v) is 8.34. The highest BCUT2D eigenvalue weighted by molar-refractivity contribution is 7.98. The molecule has 2 aromatic rings. The van der Waals surface area contributed by atoms with Gasteiger partial charge in [-0.2, -0.15) is 11.8 Å². The number of rotatable bonds is 14. The van der Waals surface area contributed by atoms with E-state index in [2.05, 4.69) is 17.1 Å². The van der Waals surface area contributed by atoms with Crippen molar-refractivity contribution in [3.05, 3.63) is 59.2 Å². The lowest BCUT2D eigenvalue weighted by Crippen LogP contribution is -2.42. The van der Waals surface area contributed by atoms with Gasteiger partial charge in [0.1, 0.15) is 6.04 Å². The number of aliphatic carboxylic acids is 1. The first kappa shape index (κ1) is 30.7. The molecule has 1 aliphatic rings. The molecule has 0 saturated heterocycles. The molecule has 0 spiro atoms. The van der Waals surface area contributed by atoms with Gasteiger partial charge in [-0.25, -0.2) is 4.79 Å². The minimum Gasteiger partial charge on any atom is -0.480 e. The Morgan fingerprint density at radius 1 is 1.08 bits per heavy atom. The standard InChI is InChI=1S/C32H44N2O4S/c1-4-5-20-34(25-12-7-6-8-13-25)30(35)18-16-24-15-17-27(28(22-24)26-14-10-9-11-23(26)2)31(36)33-29(32(37)38)19-21-39-3/h9-11,14-15,17,22,25,29H,4-8,12-13,16,18-21H2,1-3H3,(H,33,36)(H,37,38). The average molecular weight is 553 g/mol. The van der Waals surface area contributed by atoms with Crippen molar-refractivity contribution < 1.29 is 19.5 Å². The Balaban J connectivity index is 1.83. The van der Waals surface area contributed by atoms with Crippen LogP contribution in [0.15, 0.2) is 42.5 Å². The van der Waals surface area contributed by atoms with E-state index in [1.165, 1.54) is 19.3 Å². The molecule has 1 saturated carbocycles. The Bertz CT molecular complexity index is 1110. The second kappa shape index (κ2) is 15.7. The Hall–Kier alpha value is -2.80. The van der Waals surface area contributed by atoms with Crippen LogP contribution in [-0.2, 0) is 16.0 Å². The lowest BCUT2D eigenvalue weighted by Gasteiger charge is -2.34. The van der Waals surface area contributed by atoms with Crippen LogP contribution in [0, 0.1) is 6.92 Å². The van der Waals surface area contributed by atoms with Crippen LogP contribution in [0.4, 0.5) is 0 Å². The van der Waals surface area contributed by atoms with Crippen molar-refractivity contribution in [2.24, 2.45) is 0 Å². The molecule has 1 unspecified atom stereocenters. The Morgan fingerprint density at radius 3 is 2.49 bits per heavy atom. The van der Waals surface area contributed by atoms with Gasteiger partial charge in [0.2, 0.25) is 5.91 Å². The van der Waals surface area contributed by atoms with Crippen molar-refractivity contribution in [1.29, 1.82) is 0 Å². The van der Waals surface area contributed by atoms with Crippen molar-refractivity contribution in [2.75, 3.05) is 18.6 Å². The fraction of sp³-hybridized carbons (Fsp3) is 0.531. The van der Waals surface area contributed by atoms with E-state index in [0.717, 1.165) is 54.5 Å². The number of amides is 2. The molecule has 0 aromatic heterocycles. The van der Waals surface area contributed by atoms with Crippen molar-refractivity contribution in [3.63, 3.8) is 0 Å². The third-order valence-electron chi connectivity index (χ3n) is 7.69. The minimum atomic E-state index is -1.03. The molecule has 212 valence electrons. The molecule has 7 heteroatoms. The number of benzene rings is 2. The van der Waals surface area contributed by atoms with E-state index in [-0.39, 0.29) is 5.91 Å². The number of nitrogens with zero attached hydrogens (tertiary/aromatic N) is 1. The number of aryl methyl sites for hydroxylation is 2.